The van der Waals surface area contributed by atoms with Crippen molar-refractivity contribution in [2.45, 2.75) is 4.90 Å². The first-order valence-corrected chi connectivity index (χ1v) is 7.49. The fourth-order valence-corrected chi connectivity index (χ4v) is 2.93. The summed E-state index contributed by atoms with van der Waals surface area (Å²) in [6.45, 7) is 0. The van der Waals surface area contributed by atoms with Crippen molar-refractivity contribution in [3.63, 3.8) is 0 Å². The van der Waals surface area contributed by atoms with E-state index in [9.17, 15) is 12.8 Å². The van der Waals surface area contributed by atoms with Gasteiger partial charge in [0, 0.05) is 10.2 Å². The summed E-state index contributed by atoms with van der Waals surface area (Å²) in [7, 11) is -3.87. The van der Waals surface area contributed by atoms with Crippen molar-refractivity contribution in [2.75, 3.05) is 10.5 Å². The fourth-order valence-electron chi connectivity index (χ4n) is 1.46. The minimum absolute atomic E-state index is 0.0214. The summed E-state index contributed by atoms with van der Waals surface area (Å²) in [6, 6.07) is 9.76. The Hall–Kier alpha value is -1.60. The van der Waals surface area contributed by atoms with Crippen LogP contribution in [0.1, 0.15) is 0 Å². The molecular weight excluding hydrogens is 335 g/mol. The van der Waals surface area contributed by atoms with Crippen LogP contribution >= 0.6 is 15.9 Å². The zero-order chi connectivity index (χ0) is 14.0. The number of benzene rings is 2. The Labute approximate surface area is 118 Å². The molecule has 0 aromatic heterocycles. The second-order valence-electron chi connectivity index (χ2n) is 3.80. The minimum atomic E-state index is -3.87. The Morgan fingerprint density at radius 3 is 2.58 bits per heavy atom. The fraction of sp³-hybridized carbons (Fsp3) is 0. The van der Waals surface area contributed by atoms with Gasteiger partial charge in [0.1, 0.15) is 5.82 Å². The molecule has 0 fully saturated rings. The molecule has 2 aromatic rings. The first kappa shape index (κ1) is 13.8. The number of hydrogen-bond acceptors (Lipinski definition) is 3. The maximum atomic E-state index is 13.5. The lowest BCUT2D eigenvalue weighted by atomic mass is 10.3. The summed E-state index contributed by atoms with van der Waals surface area (Å²) in [4.78, 5) is -0.0214. The van der Waals surface area contributed by atoms with E-state index >= 15 is 0 Å². The molecule has 0 atom stereocenters. The third-order valence-corrected chi connectivity index (χ3v) is 4.20. The number of sulfonamides is 1. The Morgan fingerprint density at radius 2 is 1.89 bits per heavy atom. The van der Waals surface area contributed by atoms with E-state index in [1.807, 2.05) is 0 Å². The molecule has 0 bridgehead atoms. The van der Waals surface area contributed by atoms with E-state index < -0.39 is 15.8 Å². The van der Waals surface area contributed by atoms with Gasteiger partial charge >= 0.3 is 0 Å². The number of hydrogen-bond donors (Lipinski definition) is 2. The van der Waals surface area contributed by atoms with Crippen molar-refractivity contribution in [1.29, 1.82) is 0 Å². The van der Waals surface area contributed by atoms with Gasteiger partial charge in [-0.2, -0.15) is 0 Å². The number of anilines is 2. The molecule has 0 heterocycles. The molecule has 0 spiro atoms. The van der Waals surface area contributed by atoms with Crippen molar-refractivity contribution >= 4 is 37.3 Å². The average molecular weight is 345 g/mol. The predicted octanol–water partition coefficient (Wildman–Crippen LogP) is 2.97. The van der Waals surface area contributed by atoms with E-state index in [-0.39, 0.29) is 10.6 Å². The Morgan fingerprint density at radius 1 is 1.16 bits per heavy atom. The smallest absolute Gasteiger partial charge is 0.262 e. The normalized spacial score (nSPS) is 11.3. The molecule has 0 aliphatic heterocycles. The summed E-state index contributed by atoms with van der Waals surface area (Å²) in [6.07, 6.45) is 0. The summed E-state index contributed by atoms with van der Waals surface area (Å²) in [5.74, 6) is -0.657. The minimum Gasteiger partial charge on any atom is -0.399 e. The number of nitrogens with one attached hydrogen (secondary N) is 1. The first-order chi connectivity index (χ1) is 8.88. The molecule has 19 heavy (non-hydrogen) atoms. The number of halogens is 2. The summed E-state index contributed by atoms with van der Waals surface area (Å²) in [5, 5.41) is 0. The van der Waals surface area contributed by atoms with Gasteiger partial charge in [0.15, 0.2) is 0 Å². The zero-order valence-electron chi connectivity index (χ0n) is 9.60. The van der Waals surface area contributed by atoms with Crippen LogP contribution in [0.15, 0.2) is 51.8 Å². The van der Waals surface area contributed by atoms with Crippen molar-refractivity contribution in [1.82, 2.24) is 0 Å². The van der Waals surface area contributed by atoms with Gasteiger partial charge in [-0.1, -0.05) is 22.0 Å². The van der Waals surface area contributed by atoms with E-state index in [4.69, 9.17) is 5.73 Å². The van der Waals surface area contributed by atoms with Gasteiger partial charge in [-0.25, -0.2) is 12.8 Å². The molecule has 2 rings (SSSR count). The summed E-state index contributed by atoms with van der Waals surface area (Å²) < 4.78 is 40.4. The van der Waals surface area contributed by atoms with Crippen molar-refractivity contribution in [3.8, 4) is 0 Å². The van der Waals surface area contributed by atoms with Gasteiger partial charge in [0.2, 0.25) is 0 Å². The highest BCUT2D eigenvalue weighted by atomic mass is 79.9. The van der Waals surface area contributed by atoms with Crippen LogP contribution in [0.4, 0.5) is 15.8 Å². The van der Waals surface area contributed by atoms with Crippen LogP contribution < -0.4 is 10.5 Å². The van der Waals surface area contributed by atoms with E-state index in [1.165, 1.54) is 36.4 Å². The van der Waals surface area contributed by atoms with Crippen LogP contribution in [0.3, 0.4) is 0 Å². The Kier molecular flexibility index (Phi) is 3.77. The van der Waals surface area contributed by atoms with Gasteiger partial charge < -0.3 is 5.73 Å². The van der Waals surface area contributed by atoms with Crippen LogP contribution in [-0.4, -0.2) is 8.42 Å². The van der Waals surface area contributed by atoms with Gasteiger partial charge in [-0.05, 0) is 36.4 Å². The third kappa shape index (κ3) is 3.24. The summed E-state index contributed by atoms with van der Waals surface area (Å²) >= 11 is 3.15. The summed E-state index contributed by atoms with van der Waals surface area (Å²) in [5.41, 5.74) is 5.72. The van der Waals surface area contributed by atoms with E-state index in [0.29, 0.717) is 10.2 Å². The molecule has 4 nitrogen and oxygen atoms in total. The predicted molar refractivity (Wildman–Crippen MR) is 75.8 cm³/mol. The quantitative estimate of drug-likeness (QED) is 0.840. The van der Waals surface area contributed by atoms with Crippen LogP contribution in [0.5, 0.6) is 0 Å². The van der Waals surface area contributed by atoms with E-state index in [0.717, 1.165) is 0 Å². The molecule has 0 amide bonds. The molecule has 3 N–H and O–H groups in total. The van der Waals surface area contributed by atoms with Crippen LogP contribution in [0, 0.1) is 5.82 Å². The number of nitrogens with two attached hydrogens (primary N) is 1. The lowest BCUT2D eigenvalue weighted by Gasteiger charge is -2.09. The molecule has 0 saturated carbocycles. The molecule has 0 unspecified atom stereocenters. The third-order valence-electron chi connectivity index (χ3n) is 2.34. The van der Waals surface area contributed by atoms with Crippen molar-refractivity contribution in [3.05, 3.63) is 52.8 Å². The zero-order valence-corrected chi connectivity index (χ0v) is 12.0. The van der Waals surface area contributed by atoms with Gasteiger partial charge in [0.25, 0.3) is 10.0 Å². The highest BCUT2D eigenvalue weighted by molar-refractivity contribution is 9.10. The lowest BCUT2D eigenvalue weighted by molar-refractivity contribution is 0.598. The van der Waals surface area contributed by atoms with Crippen LogP contribution in [-0.2, 0) is 10.0 Å². The number of rotatable bonds is 3. The lowest BCUT2D eigenvalue weighted by Crippen LogP contribution is -2.14. The average Bonchev–Trinajstić information content (AvgIpc) is 2.33. The van der Waals surface area contributed by atoms with Gasteiger partial charge in [0.05, 0.1) is 10.6 Å². The van der Waals surface area contributed by atoms with Crippen LogP contribution in [0.25, 0.3) is 0 Å². The van der Waals surface area contributed by atoms with Gasteiger partial charge in [-0.3, -0.25) is 4.72 Å². The Balaban J connectivity index is 2.39. The van der Waals surface area contributed by atoms with E-state index in [2.05, 4.69) is 20.7 Å². The molecule has 0 aliphatic carbocycles. The second-order valence-corrected chi connectivity index (χ2v) is 6.40. The van der Waals surface area contributed by atoms with Gasteiger partial charge in [-0.15, -0.1) is 0 Å². The molecule has 0 radical (unpaired) electrons. The highest BCUT2D eigenvalue weighted by Gasteiger charge is 2.16. The molecule has 0 aliphatic rings. The maximum absolute atomic E-state index is 13.5. The topological polar surface area (TPSA) is 72.2 Å². The Bertz CT molecular complexity index is 719. The molecule has 0 saturated heterocycles. The highest BCUT2D eigenvalue weighted by Crippen LogP contribution is 2.23. The van der Waals surface area contributed by atoms with Crippen LogP contribution in [0.2, 0.25) is 0 Å². The number of nitrogen functional groups attached to an aromatic ring is 1. The largest absolute Gasteiger partial charge is 0.399 e. The second kappa shape index (κ2) is 5.18. The molecule has 2 aromatic carbocycles. The standard InChI is InChI=1S/C12H10BrFN2O2S/c13-8-4-5-11(14)12(6-8)16-19(17,18)10-3-1-2-9(15)7-10/h1-7,16H,15H2. The monoisotopic (exact) mass is 344 g/mol. The first-order valence-electron chi connectivity index (χ1n) is 5.22. The SMILES string of the molecule is Nc1cccc(S(=O)(=O)Nc2cc(Br)ccc2F)c1. The van der Waals surface area contributed by atoms with Crippen molar-refractivity contribution in [2.24, 2.45) is 0 Å². The molecule has 7 heteroatoms. The molecular formula is C12H10BrFN2O2S. The molecule has 100 valence electrons. The van der Waals surface area contributed by atoms with Crippen molar-refractivity contribution < 1.29 is 12.8 Å². The maximum Gasteiger partial charge on any atom is 0.262 e. The van der Waals surface area contributed by atoms with E-state index in [1.54, 1.807) is 6.07 Å².